The standard InChI is InChI=1S/C24H27F3O2/c1-16(2)15-17-3-5-18(6-4-17)19-7-9-20(10-8-19)21-11-13-22(14-12-21)29-23(28)24(25,26)27/h7-14,16-18H,3-6,15H2,1-2H3. The minimum Gasteiger partial charge on any atom is -0.420 e. The van der Waals surface area contributed by atoms with E-state index in [1.807, 2.05) is 12.1 Å². The van der Waals surface area contributed by atoms with Gasteiger partial charge in [0.05, 0.1) is 0 Å². The normalized spacial score (nSPS) is 19.9. The Bertz CT molecular complexity index is 800. The molecule has 1 fully saturated rings. The van der Waals surface area contributed by atoms with Crippen LogP contribution in [0.1, 0.15) is 57.4 Å². The largest absolute Gasteiger partial charge is 0.491 e. The fourth-order valence-corrected chi connectivity index (χ4v) is 4.23. The van der Waals surface area contributed by atoms with Crippen LogP contribution in [-0.2, 0) is 4.79 Å². The van der Waals surface area contributed by atoms with Crippen LogP contribution in [-0.4, -0.2) is 12.1 Å². The smallest absolute Gasteiger partial charge is 0.420 e. The molecule has 0 aliphatic heterocycles. The summed E-state index contributed by atoms with van der Waals surface area (Å²) in [7, 11) is 0. The summed E-state index contributed by atoms with van der Waals surface area (Å²) < 4.78 is 41.2. The quantitative estimate of drug-likeness (QED) is 0.391. The molecular formula is C24H27F3O2. The number of rotatable bonds is 5. The summed E-state index contributed by atoms with van der Waals surface area (Å²) in [6, 6.07) is 14.5. The van der Waals surface area contributed by atoms with E-state index in [0.717, 1.165) is 23.0 Å². The highest BCUT2D eigenvalue weighted by Gasteiger charge is 2.41. The third-order valence-corrected chi connectivity index (χ3v) is 5.66. The molecule has 0 heterocycles. The van der Waals surface area contributed by atoms with Gasteiger partial charge in [0.15, 0.2) is 0 Å². The highest BCUT2D eigenvalue weighted by molar-refractivity contribution is 5.78. The van der Waals surface area contributed by atoms with Crippen LogP contribution in [0.5, 0.6) is 5.75 Å². The Labute approximate surface area is 170 Å². The number of benzene rings is 2. The Hall–Kier alpha value is -2.30. The lowest BCUT2D eigenvalue weighted by atomic mass is 9.76. The number of hydrogen-bond donors (Lipinski definition) is 0. The Kier molecular flexibility index (Phi) is 6.66. The number of esters is 1. The van der Waals surface area contributed by atoms with Crippen LogP contribution >= 0.6 is 0 Å². The van der Waals surface area contributed by atoms with Gasteiger partial charge in [-0.25, -0.2) is 4.79 Å². The summed E-state index contributed by atoms with van der Waals surface area (Å²) in [5.41, 5.74) is 3.20. The first-order valence-corrected chi connectivity index (χ1v) is 10.2. The van der Waals surface area contributed by atoms with E-state index in [1.54, 1.807) is 12.1 Å². The van der Waals surface area contributed by atoms with Gasteiger partial charge in [-0.15, -0.1) is 0 Å². The minimum atomic E-state index is -5.00. The third-order valence-electron chi connectivity index (χ3n) is 5.66. The summed E-state index contributed by atoms with van der Waals surface area (Å²) in [6.45, 7) is 4.58. The third kappa shape index (κ3) is 5.84. The second kappa shape index (κ2) is 9.02. The molecule has 2 aromatic rings. The molecule has 1 aliphatic carbocycles. The average molecular weight is 404 g/mol. The number of ether oxygens (including phenoxy) is 1. The highest BCUT2D eigenvalue weighted by Crippen LogP contribution is 2.38. The van der Waals surface area contributed by atoms with Crippen molar-refractivity contribution in [3.8, 4) is 16.9 Å². The summed E-state index contributed by atoms with van der Waals surface area (Å²) in [6.07, 6.45) is 1.37. The van der Waals surface area contributed by atoms with Crippen LogP contribution in [0.3, 0.4) is 0 Å². The molecular weight excluding hydrogens is 377 g/mol. The number of carbonyl (C=O) groups is 1. The van der Waals surface area contributed by atoms with Crippen molar-refractivity contribution in [1.82, 2.24) is 0 Å². The molecule has 0 N–H and O–H groups in total. The van der Waals surface area contributed by atoms with Gasteiger partial charge in [0, 0.05) is 0 Å². The Morgan fingerprint density at radius 1 is 0.931 bits per heavy atom. The van der Waals surface area contributed by atoms with Crippen molar-refractivity contribution in [3.63, 3.8) is 0 Å². The number of halogens is 3. The van der Waals surface area contributed by atoms with E-state index in [1.165, 1.54) is 49.8 Å². The zero-order chi connectivity index (χ0) is 21.0. The van der Waals surface area contributed by atoms with Gasteiger partial charge in [-0.1, -0.05) is 50.2 Å². The zero-order valence-electron chi connectivity index (χ0n) is 16.8. The molecule has 29 heavy (non-hydrogen) atoms. The fraction of sp³-hybridized carbons (Fsp3) is 0.458. The van der Waals surface area contributed by atoms with Crippen molar-refractivity contribution in [3.05, 3.63) is 54.1 Å². The van der Waals surface area contributed by atoms with E-state index in [0.29, 0.717) is 5.92 Å². The maximum atomic E-state index is 12.3. The van der Waals surface area contributed by atoms with Gasteiger partial charge >= 0.3 is 12.1 Å². The summed E-state index contributed by atoms with van der Waals surface area (Å²) in [5.74, 6) is -0.102. The molecule has 0 aromatic heterocycles. The molecule has 1 saturated carbocycles. The summed E-state index contributed by atoms with van der Waals surface area (Å²) in [4.78, 5) is 10.9. The molecule has 5 heteroatoms. The molecule has 0 spiro atoms. The number of hydrogen-bond acceptors (Lipinski definition) is 2. The lowest BCUT2D eigenvalue weighted by molar-refractivity contribution is -0.189. The molecule has 0 radical (unpaired) electrons. The van der Waals surface area contributed by atoms with E-state index >= 15 is 0 Å². The topological polar surface area (TPSA) is 26.3 Å². The Morgan fingerprint density at radius 2 is 1.45 bits per heavy atom. The van der Waals surface area contributed by atoms with Crippen LogP contribution in [0.25, 0.3) is 11.1 Å². The maximum absolute atomic E-state index is 12.3. The molecule has 2 aromatic carbocycles. The van der Waals surface area contributed by atoms with E-state index < -0.39 is 12.1 Å². The molecule has 1 aliphatic rings. The van der Waals surface area contributed by atoms with E-state index in [4.69, 9.17) is 0 Å². The first kappa shape index (κ1) is 21.4. The zero-order valence-corrected chi connectivity index (χ0v) is 16.8. The van der Waals surface area contributed by atoms with Gasteiger partial charge in [-0.05, 0) is 78.7 Å². The first-order chi connectivity index (χ1) is 13.7. The van der Waals surface area contributed by atoms with Gasteiger partial charge in [-0.3, -0.25) is 0 Å². The highest BCUT2D eigenvalue weighted by atomic mass is 19.4. The SMILES string of the molecule is CC(C)CC1CCC(c2ccc(-c3ccc(OC(=O)C(F)(F)F)cc3)cc2)CC1. The monoisotopic (exact) mass is 404 g/mol. The Morgan fingerprint density at radius 3 is 1.93 bits per heavy atom. The van der Waals surface area contributed by atoms with Gasteiger partial charge in [-0.2, -0.15) is 13.2 Å². The predicted molar refractivity (Wildman–Crippen MR) is 108 cm³/mol. The molecule has 0 bridgehead atoms. The van der Waals surface area contributed by atoms with Crippen molar-refractivity contribution in [2.24, 2.45) is 11.8 Å². The van der Waals surface area contributed by atoms with Crippen LogP contribution in [0.15, 0.2) is 48.5 Å². The molecule has 3 rings (SSSR count). The van der Waals surface area contributed by atoms with Gasteiger partial charge < -0.3 is 4.74 Å². The van der Waals surface area contributed by atoms with Crippen LogP contribution < -0.4 is 4.74 Å². The van der Waals surface area contributed by atoms with Crippen LogP contribution in [0.4, 0.5) is 13.2 Å². The van der Waals surface area contributed by atoms with Crippen LogP contribution in [0.2, 0.25) is 0 Å². The van der Waals surface area contributed by atoms with E-state index in [2.05, 4.69) is 30.7 Å². The lowest BCUT2D eigenvalue weighted by Crippen LogP contribution is -2.27. The Balaban J connectivity index is 1.60. The number of carbonyl (C=O) groups excluding carboxylic acids is 1. The maximum Gasteiger partial charge on any atom is 0.491 e. The minimum absolute atomic E-state index is 0.120. The first-order valence-electron chi connectivity index (χ1n) is 10.2. The fourth-order valence-electron chi connectivity index (χ4n) is 4.23. The van der Waals surface area contributed by atoms with Gasteiger partial charge in [0.25, 0.3) is 0 Å². The van der Waals surface area contributed by atoms with Crippen molar-refractivity contribution in [2.75, 3.05) is 0 Å². The van der Waals surface area contributed by atoms with Gasteiger partial charge in [0.1, 0.15) is 5.75 Å². The predicted octanol–water partition coefficient (Wildman–Crippen LogP) is 7.14. The molecule has 0 saturated heterocycles. The molecule has 0 unspecified atom stereocenters. The average Bonchev–Trinajstić information content (AvgIpc) is 2.68. The van der Waals surface area contributed by atoms with Crippen LogP contribution in [0, 0.1) is 11.8 Å². The second-order valence-electron chi connectivity index (χ2n) is 8.38. The molecule has 0 amide bonds. The number of alkyl halides is 3. The van der Waals surface area contributed by atoms with Crippen molar-refractivity contribution in [1.29, 1.82) is 0 Å². The van der Waals surface area contributed by atoms with Crippen molar-refractivity contribution >= 4 is 5.97 Å². The molecule has 156 valence electrons. The molecule has 0 atom stereocenters. The lowest BCUT2D eigenvalue weighted by Gasteiger charge is -2.29. The van der Waals surface area contributed by atoms with Crippen molar-refractivity contribution < 1.29 is 22.7 Å². The van der Waals surface area contributed by atoms with Crippen molar-refractivity contribution in [2.45, 2.75) is 58.0 Å². The molecule has 2 nitrogen and oxygen atoms in total. The van der Waals surface area contributed by atoms with E-state index in [-0.39, 0.29) is 5.75 Å². The summed E-state index contributed by atoms with van der Waals surface area (Å²) >= 11 is 0. The summed E-state index contributed by atoms with van der Waals surface area (Å²) in [5, 5.41) is 0. The second-order valence-corrected chi connectivity index (χ2v) is 8.38. The van der Waals surface area contributed by atoms with E-state index in [9.17, 15) is 18.0 Å². The van der Waals surface area contributed by atoms with Gasteiger partial charge in [0.2, 0.25) is 0 Å².